The van der Waals surface area contributed by atoms with Crippen molar-refractivity contribution in [2.45, 2.75) is 18.2 Å². The number of aromatic nitrogens is 2. The van der Waals surface area contributed by atoms with Crippen molar-refractivity contribution in [2.24, 2.45) is 0 Å². The Labute approximate surface area is 179 Å². The Morgan fingerprint density at radius 1 is 1.06 bits per heavy atom. The van der Waals surface area contributed by atoms with Gasteiger partial charge in [0, 0.05) is 11.8 Å². The van der Waals surface area contributed by atoms with Gasteiger partial charge >= 0.3 is 6.36 Å². The van der Waals surface area contributed by atoms with Gasteiger partial charge in [-0.1, -0.05) is 11.3 Å². The predicted octanol–water partition coefficient (Wildman–Crippen LogP) is 5.37. The molecule has 0 atom stereocenters. The average molecular weight is 465 g/mol. The maximum atomic E-state index is 12.6. The molecule has 31 heavy (non-hydrogen) atoms. The van der Waals surface area contributed by atoms with Crippen molar-refractivity contribution in [2.75, 3.05) is 4.72 Å². The number of hydrogen-bond acceptors (Lipinski definition) is 6. The van der Waals surface area contributed by atoms with Gasteiger partial charge in [-0.15, -0.1) is 13.2 Å². The Morgan fingerprint density at radius 2 is 1.81 bits per heavy atom. The number of nitrogens with one attached hydrogen (secondary N) is 1. The largest absolute Gasteiger partial charge is 0.573 e. The van der Waals surface area contributed by atoms with Gasteiger partial charge in [0.25, 0.3) is 10.0 Å². The summed E-state index contributed by atoms with van der Waals surface area (Å²) in [6.07, 6.45) is -3.16. The fourth-order valence-electron chi connectivity index (χ4n) is 2.83. The number of fused-ring (bicyclic) bond motifs is 1. The van der Waals surface area contributed by atoms with Crippen molar-refractivity contribution in [1.82, 2.24) is 9.97 Å². The first-order valence-corrected chi connectivity index (χ1v) is 11.1. The van der Waals surface area contributed by atoms with Crippen molar-refractivity contribution < 1.29 is 26.3 Å². The highest BCUT2D eigenvalue weighted by Crippen LogP contribution is 2.32. The molecule has 2 aromatic heterocycles. The van der Waals surface area contributed by atoms with Crippen LogP contribution in [-0.2, 0) is 10.0 Å². The van der Waals surface area contributed by atoms with E-state index in [9.17, 15) is 21.6 Å². The summed E-state index contributed by atoms with van der Waals surface area (Å²) in [6.45, 7) is 1.74. The lowest BCUT2D eigenvalue weighted by atomic mass is 10.1. The van der Waals surface area contributed by atoms with Crippen LogP contribution in [0.3, 0.4) is 0 Å². The molecule has 0 aliphatic carbocycles. The molecule has 11 heteroatoms. The number of ether oxygens (including phenoxy) is 1. The minimum absolute atomic E-state index is 0.192. The lowest BCUT2D eigenvalue weighted by Gasteiger charge is -2.12. The molecular formula is C20H14F3N3O3S2. The highest BCUT2D eigenvalue weighted by molar-refractivity contribution is 7.92. The van der Waals surface area contributed by atoms with Gasteiger partial charge in [0.2, 0.25) is 0 Å². The maximum absolute atomic E-state index is 12.6. The molecule has 0 aliphatic heterocycles. The van der Waals surface area contributed by atoms with Gasteiger partial charge in [-0.25, -0.2) is 18.4 Å². The summed E-state index contributed by atoms with van der Waals surface area (Å²) in [5.74, 6) is -0.502. The monoisotopic (exact) mass is 465 g/mol. The first-order valence-electron chi connectivity index (χ1n) is 8.82. The van der Waals surface area contributed by atoms with E-state index < -0.39 is 22.1 Å². The highest BCUT2D eigenvalue weighted by Gasteiger charge is 2.31. The highest BCUT2D eigenvalue weighted by atomic mass is 32.2. The van der Waals surface area contributed by atoms with E-state index in [-0.39, 0.29) is 4.90 Å². The van der Waals surface area contributed by atoms with E-state index in [1.807, 2.05) is 6.07 Å². The lowest BCUT2D eigenvalue weighted by molar-refractivity contribution is -0.274. The molecule has 2 heterocycles. The molecule has 0 amide bonds. The number of pyridine rings is 1. The second kappa shape index (κ2) is 7.82. The zero-order valence-corrected chi connectivity index (χ0v) is 17.5. The summed E-state index contributed by atoms with van der Waals surface area (Å²) in [7, 11) is -4.00. The van der Waals surface area contributed by atoms with Crippen LogP contribution >= 0.6 is 11.3 Å². The van der Waals surface area contributed by atoms with Gasteiger partial charge in [-0.3, -0.25) is 4.72 Å². The third-order valence-electron chi connectivity index (χ3n) is 4.25. The molecule has 0 saturated carbocycles. The number of nitrogens with zero attached hydrogens (tertiary/aromatic N) is 2. The molecule has 4 rings (SSSR count). The Balaban J connectivity index is 1.56. The van der Waals surface area contributed by atoms with Crippen molar-refractivity contribution in [1.29, 1.82) is 0 Å². The SMILES string of the molecule is Cc1cc(-c2nc3cccnc3s2)ccc1NS(=O)(=O)c1ccc(OC(F)(F)F)cc1. The van der Waals surface area contributed by atoms with Crippen LogP contribution < -0.4 is 9.46 Å². The van der Waals surface area contributed by atoms with Crippen LogP contribution in [-0.4, -0.2) is 24.7 Å². The zero-order chi connectivity index (χ0) is 22.2. The molecule has 0 saturated heterocycles. The summed E-state index contributed by atoms with van der Waals surface area (Å²) in [5, 5.41) is 0.756. The Morgan fingerprint density at radius 3 is 2.45 bits per heavy atom. The number of rotatable bonds is 5. The van der Waals surface area contributed by atoms with Crippen LogP contribution in [0.5, 0.6) is 5.75 Å². The Kier molecular flexibility index (Phi) is 5.31. The van der Waals surface area contributed by atoms with Crippen molar-refractivity contribution in [3.05, 3.63) is 66.4 Å². The normalized spacial score (nSPS) is 12.1. The average Bonchev–Trinajstić information content (AvgIpc) is 3.13. The van der Waals surface area contributed by atoms with Crippen molar-refractivity contribution in [3.63, 3.8) is 0 Å². The molecule has 6 nitrogen and oxygen atoms in total. The van der Waals surface area contributed by atoms with Gasteiger partial charge in [0.15, 0.2) is 0 Å². The summed E-state index contributed by atoms with van der Waals surface area (Å²) in [4.78, 5) is 9.41. The van der Waals surface area contributed by atoms with Crippen molar-refractivity contribution in [3.8, 4) is 16.3 Å². The Hall–Kier alpha value is -3.18. The fraction of sp³-hybridized carbons (Fsp3) is 0.100. The molecule has 0 aliphatic rings. The van der Waals surface area contributed by atoms with Crippen LogP contribution in [0.25, 0.3) is 20.9 Å². The van der Waals surface area contributed by atoms with Gasteiger partial charge < -0.3 is 4.74 Å². The van der Waals surface area contributed by atoms with Crippen LogP contribution in [0.4, 0.5) is 18.9 Å². The molecule has 2 aromatic carbocycles. The van der Waals surface area contributed by atoms with E-state index in [0.29, 0.717) is 11.3 Å². The zero-order valence-electron chi connectivity index (χ0n) is 15.8. The first kappa shape index (κ1) is 21.1. The number of anilines is 1. The second-order valence-corrected chi connectivity index (χ2v) is 9.16. The van der Waals surface area contributed by atoms with Crippen LogP contribution in [0.1, 0.15) is 5.56 Å². The minimum Gasteiger partial charge on any atom is -0.406 e. The van der Waals surface area contributed by atoms with Gasteiger partial charge in [-0.2, -0.15) is 0 Å². The molecule has 0 fully saturated rings. The van der Waals surface area contributed by atoms with E-state index >= 15 is 0 Å². The van der Waals surface area contributed by atoms with E-state index in [4.69, 9.17) is 0 Å². The summed E-state index contributed by atoms with van der Waals surface area (Å²) >= 11 is 1.43. The van der Waals surface area contributed by atoms with E-state index in [2.05, 4.69) is 19.4 Å². The number of hydrogen-bond donors (Lipinski definition) is 1. The number of aryl methyl sites for hydroxylation is 1. The quantitative estimate of drug-likeness (QED) is 0.429. The van der Waals surface area contributed by atoms with Gasteiger partial charge in [0.05, 0.1) is 10.6 Å². The molecule has 4 aromatic rings. The number of halogens is 3. The standard InChI is InChI=1S/C20H14F3N3O3S2/c1-12-11-13(18-25-17-3-2-10-24-19(17)30-18)4-9-16(12)26-31(27,28)15-7-5-14(6-8-15)29-20(21,22)23/h2-11,26H,1H3. The van der Waals surface area contributed by atoms with Crippen molar-refractivity contribution >= 4 is 37.4 Å². The predicted molar refractivity (Wildman–Crippen MR) is 112 cm³/mol. The molecular weight excluding hydrogens is 451 g/mol. The lowest BCUT2D eigenvalue weighted by Crippen LogP contribution is -2.17. The first-order chi connectivity index (χ1) is 14.6. The second-order valence-electron chi connectivity index (χ2n) is 6.50. The van der Waals surface area contributed by atoms with E-state index in [1.165, 1.54) is 11.3 Å². The minimum atomic E-state index is -4.85. The van der Waals surface area contributed by atoms with Crippen LogP contribution in [0.15, 0.2) is 65.7 Å². The van der Waals surface area contributed by atoms with E-state index in [1.54, 1.807) is 37.4 Å². The number of benzene rings is 2. The maximum Gasteiger partial charge on any atom is 0.573 e. The van der Waals surface area contributed by atoms with E-state index in [0.717, 1.165) is 45.2 Å². The number of thiazole rings is 1. The fourth-order valence-corrected chi connectivity index (χ4v) is 4.86. The van der Waals surface area contributed by atoms with Crippen LogP contribution in [0, 0.1) is 6.92 Å². The molecule has 160 valence electrons. The number of sulfonamides is 1. The number of alkyl halides is 3. The molecule has 0 radical (unpaired) electrons. The molecule has 0 unspecified atom stereocenters. The third-order valence-corrected chi connectivity index (χ3v) is 6.66. The Bertz CT molecular complexity index is 1320. The molecule has 1 N–H and O–H groups in total. The summed E-state index contributed by atoms with van der Waals surface area (Å²) in [6, 6.07) is 12.8. The summed E-state index contributed by atoms with van der Waals surface area (Å²) < 4.78 is 68.3. The summed E-state index contributed by atoms with van der Waals surface area (Å²) in [5.41, 5.74) is 2.60. The van der Waals surface area contributed by atoms with Crippen LogP contribution in [0.2, 0.25) is 0 Å². The van der Waals surface area contributed by atoms with Gasteiger partial charge in [0.1, 0.15) is 21.1 Å². The third kappa shape index (κ3) is 4.78. The smallest absolute Gasteiger partial charge is 0.406 e. The topological polar surface area (TPSA) is 81.2 Å². The van der Waals surface area contributed by atoms with Gasteiger partial charge in [-0.05, 0) is 67.1 Å². The molecule has 0 bridgehead atoms. The molecule has 0 spiro atoms.